The largest absolute Gasteiger partial charge is 0.490 e. The predicted molar refractivity (Wildman–Crippen MR) is 39.0 cm³/mol. The zero-order chi connectivity index (χ0) is 9.84. The van der Waals surface area contributed by atoms with E-state index >= 15 is 0 Å². The fraction of sp³-hybridized carbons (Fsp3) is 0.250. The SMILES string of the molecule is NNC(=O)Cn1cnc([N+](=O)[O-])n1. The summed E-state index contributed by atoms with van der Waals surface area (Å²) in [5, 5.41) is 13.5. The third-order valence-electron chi connectivity index (χ3n) is 1.15. The van der Waals surface area contributed by atoms with Crippen molar-refractivity contribution in [3.63, 3.8) is 0 Å². The summed E-state index contributed by atoms with van der Waals surface area (Å²) in [6, 6.07) is 0. The predicted octanol–water partition coefficient (Wildman–Crippen LogP) is -1.82. The average molecular weight is 186 g/mol. The third kappa shape index (κ3) is 2.20. The molecule has 0 saturated heterocycles. The van der Waals surface area contributed by atoms with Crippen LogP contribution in [0, 0.1) is 10.1 Å². The van der Waals surface area contributed by atoms with Gasteiger partial charge >= 0.3 is 5.95 Å². The van der Waals surface area contributed by atoms with Gasteiger partial charge in [-0.05, 0) is 4.92 Å². The molecule has 0 atom stereocenters. The summed E-state index contributed by atoms with van der Waals surface area (Å²) in [5.74, 6) is 3.73. The van der Waals surface area contributed by atoms with Crippen LogP contribution in [0.5, 0.6) is 0 Å². The number of carbonyl (C=O) groups is 1. The maximum atomic E-state index is 10.7. The van der Waals surface area contributed by atoms with Gasteiger partial charge in [0.2, 0.25) is 6.33 Å². The fourth-order valence-corrected chi connectivity index (χ4v) is 0.637. The van der Waals surface area contributed by atoms with Gasteiger partial charge in [-0.3, -0.25) is 10.2 Å². The minimum absolute atomic E-state index is 0.197. The van der Waals surface area contributed by atoms with E-state index in [1.807, 2.05) is 5.43 Å². The van der Waals surface area contributed by atoms with Gasteiger partial charge in [0.25, 0.3) is 5.91 Å². The highest BCUT2D eigenvalue weighted by Crippen LogP contribution is 1.98. The first-order valence-corrected chi connectivity index (χ1v) is 3.16. The second-order valence-corrected chi connectivity index (χ2v) is 2.07. The summed E-state index contributed by atoms with van der Waals surface area (Å²) in [7, 11) is 0. The molecule has 0 saturated carbocycles. The van der Waals surface area contributed by atoms with E-state index in [0.717, 1.165) is 11.0 Å². The number of nitrogens with zero attached hydrogens (tertiary/aromatic N) is 4. The lowest BCUT2D eigenvalue weighted by Gasteiger charge is -1.93. The normalized spacial score (nSPS) is 9.62. The molecule has 9 heteroatoms. The minimum atomic E-state index is -0.753. The lowest BCUT2D eigenvalue weighted by Crippen LogP contribution is -2.33. The van der Waals surface area contributed by atoms with E-state index in [1.165, 1.54) is 0 Å². The van der Waals surface area contributed by atoms with Crippen LogP contribution >= 0.6 is 0 Å². The van der Waals surface area contributed by atoms with Crippen LogP contribution in [0.1, 0.15) is 0 Å². The standard InChI is InChI=1S/C4H6N6O3/c5-7-3(11)1-9-2-6-4(8-9)10(12)13/h2H,1,5H2,(H,7,11). The smallest absolute Gasteiger partial charge is 0.390 e. The van der Waals surface area contributed by atoms with Gasteiger partial charge in [0, 0.05) is 5.10 Å². The molecule has 1 rings (SSSR count). The molecular formula is C4H6N6O3. The van der Waals surface area contributed by atoms with Crippen molar-refractivity contribution in [2.45, 2.75) is 6.54 Å². The number of hydrogen-bond donors (Lipinski definition) is 2. The van der Waals surface area contributed by atoms with E-state index in [4.69, 9.17) is 5.84 Å². The molecule has 0 fully saturated rings. The fourth-order valence-electron chi connectivity index (χ4n) is 0.637. The minimum Gasteiger partial charge on any atom is -0.390 e. The molecule has 13 heavy (non-hydrogen) atoms. The second kappa shape index (κ2) is 3.58. The van der Waals surface area contributed by atoms with Crippen LogP contribution in [-0.4, -0.2) is 25.6 Å². The van der Waals surface area contributed by atoms with Gasteiger partial charge in [-0.25, -0.2) is 5.84 Å². The maximum Gasteiger partial charge on any atom is 0.490 e. The first-order valence-electron chi connectivity index (χ1n) is 3.16. The Hall–Kier alpha value is -2.03. The Morgan fingerprint density at radius 1 is 1.85 bits per heavy atom. The summed E-state index contributed by atoms with van der Waals surface area (Å²) in [5.41, 5.74) is 1.85. The van der Waals surface area contributed by atoms with Crippen LogP contribution in [-0.2, 0) is 11.3 Å². The van der Waals surface area contributed by atoms with Crippen LogP contribution in [0.15, 0.2) is 6.33 Å². The molecule has 1 heterocycles. The van der Waals surface area contributed by atoms with Crippen molar-refractivity contribution in [3.8, 4) is 0 Å². The van der Waals surface area contributed by atoms with Crippen molar-refractivity contribution in [1.82, 2.24) is 20.2 Å². The van der Waals surface area contributed by atoms with Crippen molar-refractivity contribution in [1.29, 1.82) is 0 Å². The first-order chi connectivity index (χ1) is 6.13. The molecule has 70 valence electrons. The summed E-state index contributed by atoms with van der Waals surface area (Å²) in [6.07, 6.45) is 1.08. The van der Waals surface area contributed by atoms with Crippen LogP contribution in [0.4, 0.5) is 5.95 Å². The molecule has 0 unspecified atom stereocenters. The molecule has 0 spiro atoms. The van der Waals surface area contributed by atoms with Crippen molar-refractivity contribution >= 4 is 11.9 Å². The number of hydrogen-bond acceptors (Lipinski definition) is 6. The Labute approximate surface area is 71.7 Å². The van der Waals surface area contributed by atoms with E-state index in [1.54, 1.807) is 0 Å². The molecule has 0 aliphatic carbocycles. The topological polar surface area (TPSA) is 129 Å². The van der Waals surface area contributed by atoms with Crippen LogP contribution in [0.3, 0.4) is 0 Å². The summed E-state index contributed by atoms with van der Waals surface area (Å²) >= 11 is 0. The van der Waals surface area contributed by atoms with Crippen molar-refractivity contribution < 1.29 is 9.72 Å². The van der Waals surface area contributed by atoms with Gasteiger partial charge in [-0.2, -0.15) is 4.68 Å². The van der Waals surface area contributed by atoms with Crippen LogP contribution in [0.2, 0.25) is 0 Å². The second-order valence-electron chi connectivity index (χ2n) is 2.07. The van der Waals surface area contributed by atoms with Gasteiger partial charge in [0.15, 0.2) is 0 Å². The average Bonchev–Trinajstić information content (AvgIpc) is 2.52. The number of aromatic nitrogens is 3. The number of nitro groups is 1. The Bertz CT molecular complexity index is 332. The van der Waals surface area contributed by atoms with Gasteiger partial charge < -0.3 is 10.1 Å². The van der Waals surface area contributed by atoms with Crippen molar-refractivity contribution in [3.05, 3.63) is 16.4 Å². The molecule has 0 bridgehead atoms. The Morgan fingerprint density at radius 2 is 2.54 bits per heavy atom. The number of nitrogens with one attached hydrogen (secondary N) is 1. The summed E-state index contributed by atoms with van der Waals surface area (Å²) in [4.78, 5) is 23.4. The Morgan fingerprint density at radius 3 is 3.00 bits per heavy atom. The van der Waals surface area contributed by atoms with Gasteiger partial charge in [0.1, 0.15) is 6.54 Å². The van der Waals surface area contributed by atoms with Crippen molar-refractivity contribution in [2.75, 3.05) is 0 Å². The monoisotopic (exact) mass is 186 g/mol. The van der Waals surface area contributed by atoms with E-state index in [9.17, 15) is 14.9 Å². The van der Waals surface area contributed by atoms with Gasteiger partial charge in [-0.15, -0.1) is 0 Å². The molecule has 0 aliphatic rings. The van der Waals surface area contributed by atoms with Gasteiger partial charge in [-0.1, -0.05) is 4.98 Å². The molecule has 0 radical (unpaired) electrons. The highest BCUT2D eigenvalue weighted by atomic mass is 16.6. The molecular weight excluding hydrogens is 180 g/mol. The van der Waals surface area contributed by atoms with Crippen molar-refractivity contribution in [2.24, 2.45) is 5.84 Å². The van der Waals surface area contributed by atoms with E-state index in [2.05, 4.69) is 10.1 Å². The van der Waals surface area contributed by atoms with Crippen LogP contribution < -0.4 is 11.3 Å². The van der Waals surface area contributed by atoms with E-state index in [0.29, 0.717) is 0 Å². The zero-order valence-corrected chi connectivity index (χ0v) is 6.38. The quantitative estimate of drug-likeness (QED) is 0.247. The molecule has 0 aromatic carbocycles. The number of nitrogens with two attached hydrogens (primary N) is 1. The molecule has 1 aromatic heterocycles. The Kier molecular flexibility index (Phi) is 2.50. The molecule has 1 aromatic rings. The molecule has 1 amide bonds. The summed E-state index contributed by atoms with van der Waals surface area (Å²) in [6.45, 7) is -0.197. The zero-order valence-electron chi connectivity index (χ0n) is 6.38. The first kappa shape index (κ1) is 9.06. The maximum absolute atomic E-state index is 10.7. The highest BCUT2D eigenvalue weighted by Gasteiger charge is 2.14. The summed E-state index contributed by atoms with van der Waals surface area (Å²) < 4.78 is 1.01. The lowest BCUT2D eigenvalue weighted by molar-refractivity contribution is -0.394. The van der Waals surface area contributed by atoms with E-state index < -0.39 is 16.8 Å². The third-order valence-corrected chi connectivity index (χ3v) is 1.15. The molecule has 3 N–H and O–H groups in total. The van der Waals surface area contributed by atoms with Crippen LogP contribution in [0.25, 0.3) is 0 Å². The lowest BCUT2D eigenvalue weighted by atomic mass is 10.6. The van der Waals surface area contributed by atoms with E-state index in [-0.39, 0.29) is 6.54 Å². The highest BCUT2D eigenvalue weighted by molar-refractivity contribution is 5.74. The molecule has 9 nitrogen and oxygen atoms in total. The number of amides is 1. The number of rotatable bonds is 3. The number of hydrazine groups is 1. The van der Waals surface area contributed by atoms with Gasteiger partial charge in [0.05, 0.1) is 0 Å². The Balaban J connectivity index is 2.69. The molecule has 0 aliphatic heterocycles. The number of carbonyl (C=O) groups excluding carboxylic acids is 1.